The number of alkyl halides is 3. The van der Waals surface area contributed by atoms with Gasteiger partial charge in [-0.25, -0.2) is 4.79 Å². The molecule has 1 aromatic rings. The molecule has 2 amide bonds. The number of fused-ring (bicyclic) bond motifs is 1. The number of rotatable bonds is 1. The molecule has 2 aliphatic heterocycles. The van der Waals surface area contributed by atoms with Crippen LogP contribution in [0.1, 0.15) is 22.3 Å². The Morgan fingerprint density at radius 3 is 2.87 bits per heavy atom. The van der Waals surface area contributed by atoms with Crippen LogP contribution < -0.4 is 5.32 Å². The van der Waals surface area contributed by atoms with Crippen molar-refractivity contribution < 1.29 is 27.5 Å². The van der Waals surface area contributed by atoms with Crippen molar-refractivity contribution in [2.45, 2.75) is 18.6 Å². The summed E-state index contributed by atoms with van der Waals surface area (Å²) in [6, 6.07) is 4.16. The molecule has 0 saturated carbocycles. The van der Waals surface area contributed by atoms with Gasteiger partial charge in [-0.15, -0.1) is 0 Å². The van der Waals surface area contributed by atoms with Crippen molar-refractivity contribution in [1.29, 1.82) is 0 Å². The minimum absolute atomic E-state index is 0.00309. The highest BCUT2D eigenvalue weighted by Gasteiger charge is 2.37. The number of carbonyl (C=O) groups is 2. The summed E-state index contributed by atoms with van der Waals surface area (Å²) in [4.78, 5) is 25.2. The molecule has 2 atom stereocenters. The second-order valence-electron chi connectivity index (χ2n) is 5.73. The van der Waals surface area contributed by atoms with Gasteiger partial charge in [-0.05, 0) is 24.6 Å². The quantitative estimate of drug-likeness (QED) is 0.860. The molecule has 5 nitrogen and oxygen atoms in total. The van der Waals surface area contributed by atoms with Crippen LogP contribution in [0, 0.1) is 5.92 Å². The number of piperidine rings is 1. The van der Waals surface area contributed by atoms with Crippen molar-refractivity contribution in [2.75, 3.05) is 19.7 Å². The molecule has 0 aliphatic carbocycles. The zero-order valence-corrected chi connectivity index (χ0v) is 12.1. The Labute approximate surface area is 130 Å². The molecule has 2 heterocycles. The predicted octanol–water partition coefficient (Wildman–Crippen LogP) is 2.28. The standard InChI is InChI=1S/C15H15F3N2O3/c16-15(17,18)11-3-1-2-9(6-11)13(21)20-5-4-10-8-23-14(22)19-12(10)7-20/h1-3,6,10,12H,4-5,7-8H2,(H,19,22)/t10-,12+/m0/s1. The third-order valence-electron chi connectivity index (χ3n) is 4.21. The molecule has 8 heteroatoms. The summed E-state index contributed by atoms with van der Waals surface area (Å²) in [6.45, 7) is 1.01. The molecule has 124 valence electrons. The van der Waals surface area contributed by atoms with Crippen molar-refractivity contribution in [3.05, 3.63) is 35.4 Å². The van der Waals surface area contributed by atoms with E-state index in [4.69, 9.17) is 4.74 Å². The normalized spacial score (nSPS) is 24.5. The lowest BCUT2D eigenvalue weighted by Crippen LogP contribution is -2.58. The first kappa shape index (κ1) is 15.6. The molecule has 1 aromatic carbocycles. The van der Waals surface area contributed by atoms with Gasteiger partial charge >= 0.3 is 12.3 Å². The zero-order valence-electron chi connectivity index (χ0n) is 12.1. The Bertz CT molecular complexity index is 633. The topological polar surface area (TPSA) is 58.6 Å². The summed E-state index contributed by atoms with van der Waals surface area (Å²) >= 11 is 0. The maximum absolute atomic E-state index is 12.8. The van der Waals surface area contributed by atoms with Crippen LogP contribution in [0.2, 0.25) is 0 Å². The van der Waals surface area contributed by atoms with Crippen LogP contribution in [0.15, 0.2) is 24.3 Å². The highest BCUT2D eigenvalue weighted by Crippen LogP contribution is 2.30. The van der Waals surface area contributed by atoms with Gasteiger partial charge in [-0.2, -0.15) is 13.2 Å². The highest BCUT2D eigenvalue weighted by molar-refractivity contribution is 5.94. The maximum Gasteiger partial charge on any atom is 0.416 e. The van der Waals surface area contributed by atoms with Crippen LogP contribution in [0.4, 0.5) is 18.0 Å². The third kappa shape index (κ3) is 3.25. The summed E-state index contributed by atoms with van der Waals surface area (Å²) in [7, 11) is 0. The van der Waals surface area contributed by atoms with Crippen molar-refractivity contribution in [3.63, 3.8) is 0 Å². The lowest BCUT2D eigenvalue weighted by Gasteiger charge is -2.40. The minimum Gasteiger partial charge on any atom is -0.449 e. The molecule has 1 N–H and O–H groups in total. The van der Waals surface area contributed by atoms with E-state index in [0.717, 1.165) is 12.1 Å². The van der Waals surface area contributed by atoms with Crippen LogP contribution in [0.3, 0.4) is 0 Å². The van der Waals surface area contributed by atoms with Gasteiger partial charge in [0.25, 0.3) is 5.91 Å². The first-order chi connectivity index (χ1) is 10.8. The monoisotopic (exact) mass is 328 g/mol. The number of carbonyl (C=O) groups excluding carboxylic acids is 2. The smallest absolute Gasteiger partial charge is 0.416 e. The van der Waals surface area contributed by atoms with E-state index in [9.17, 15) is 22.8 Å². The average molecular weight is 328 g/mol. The van der Waals surface area contributed by atoms with Crippen LogP contribution in [-0.4, -0.2) is 42.6 Å². The summed E-state index contributed by atoms with van der Waals surface area (Å²) in [5.74, 6) is -0.339. The molecule has 2 fully saturated rings. The third-order valence-corrected chi connectivity index (χ3v) is 4.21. The number of halogens is 3. The highest BCUT2D eigenvalue weighted by atomic mass is 19.4. The van der Waals surface area contributed by atoms with Crippen LogP contribution >= 0.6 is 0 Å². The zero-order chi connectivity index (χ0) is 16.6. The van der Waals surface area contributed by atoms with E-state index in [2.05, 4.69) is 5.32 Å². The van der Waals surface area contributed by atoms with Gasteiger partial charge in [-0.3, -0.25) is 4.79 Å². The SMILES string of the molecule is O=C1N[C@@H]2CN(C(=O)c3cccc(C(F)(F)F)c3)CC[C@H]2CO1. The van der Waals surface area contributed by atoms with Gasteiger partial charge in [0.2, 0.25) is 0 Å². The second-order valence-corrected chi connectivity index (χ2v) is 5.73. The molecule has 2 saturated heterocycles. The first-order valence-electron chi connectivity index (χ1n) is 7.24. The molecule has 2 aliphatic rings. The molecular formula is C15H15F3N2O3. The van der Waals surface area contributed by atoms with Gasteiger partial charge in [0.05, 0.1) is 18.2 Å². The van der Waals surface area contributed by atoms with E-state index in [1.165, 1.54) is 17.0 Å². The van der Waals surface area contributed by atoms with Crippen molar-refractivity contribution in [1.82, 2.24) is 10.2 Å². The van der Waals surface area contributed by atoms with Crippen LogP contribution in [0.25, 0.3) is 0 Å². The number of alkyl carbamates (subject to hydrolysis) is 1. The predicted molar refractivity (Wildman–Crippen MR) is 73.7 cm³/mol. The molecule has 0 radical (unpaired) electrons. The number of likely N-dealkylation sites (tertiary alicyclic amines) is 1. The van der Waals surface area contributed by atoms with Crippen LogP contribution in [-0.2, 0) is 10.9 Å². The van der Waals surface area contributed by atoms with Crippen LogP contribution in [0.5, 0.6) is 0 Å². The Kier molecular flexibility index (Phi) is 3.91. The van der Waals surface area contributed by atoms with Gasteiger partial charge in [0.15, 0.2) is 0 Å². The van der Waals surface area contributed by atoms with E-state index in [1.54, 1.807) is 0 Å². The number of hydrogen-bond donors (Lipinski definition) is 1. The van der Waals surface area contributed by atoms with E-state index >= 15 is 0 Å². The molecule has 3 rings (SSSR count). The summed E-state index contributed by atoms with van der Waals surface area (Å²) < 4.78 is 43.2. The number of amides is 2. The van der Waals surface area contributed by atoms with E-state index < -0.39 is 23.7 Å². The Hall–Kier alpha value is -2.25. The van der Waals surface area contributed by atoms with Gasteiger partial charge in [0, 0.05) is 24.6 Å². The molecule has 0 bridgehead atoms. The minimum atomic E-state index is -4.49. The molecular weight excluding hydrogens is 313 g/mol. The average Bonchev–Trinajstić information content (AvgIpc) is 2.52. The number of benzene rings is 1. The van der Waals surface area contributed by atoms with E-state index in [1.807, 2.05) is 0 Å². The van der Waals surface area contributed by atoms with Crippen molar-refractivity contribution in [2.24, 2.45) is 5.92 Å². The summed E-state index contributed by atoms with van der Waals surface area (Å²) in [6.07, 6.45) is -4.38. The molecule has 0 spiro atoms. The van der Waals surface area contributed by atoms with Gasteiger partial charge in [0.1, 0.15) is 0 Å². The summed E-state index contributed by atoms with van der Waals surface area (Å²) in [5.41, 5.74) is -0.853. The van der Waals surface area contributed by atoms with Crippen molar-refractivity contribution >= 4 is 12.0 Å². The number of cyclic esters (lactones) is 1. The number of nitrogens with one attached hydrogen (secondary N) is 1. The van der Waals surface area contributed by atoms with Crippen molar-refractivity contribution in [3.8, 4) is 0 Å². The number of nitrogens with zero attached hydrogens (tertiary/aromatic N) is 1. The van der Waals surface area contributed by atoms with E-state index in [0.29, 0.717) is 19.6 Å². The maximum atomic E-state index is 12.8. The fourth-order valence-electron chi connectivity index (χ4n) is 2.93. The van der Waals surface area contributed by atoms with Gasteiger partial charge < -0.3 is 15.0 Å². The fraction of sp³-hybridized carbons (Fsp3) is 0.467. The first-order valence-corrected chi connectivity index (χ1v) is 7.24. The fourth-order valence-corrected chi connectivity index (χ4v) is 2.93. The molecule has 0 aromatic heterocycles. The summed E-state index contributed by atoms with van der Waals surface area (Å²) in [5, 5.41) is 2.66. The number of ether oxygens (including phenoxy) is 1. The Morgan fingerprint density at radius 1 is 1.35 bits per heavy atom. The molecule has 0 unspecified atom stereocenters. The lowest BCUT2D eigenvalue weighted by molar-refractivity contribution is -0.137. The Morgan fingerprint density at radius 2 is 2.13 bits per heavy atom. The second kappa shape index (κ2) is 5.75. The van der Waals surface area contributed by atoms with Gasteiger partial charge in [-0.1, -0.05) is 6.07 Å². The Balaban J connectivity index is 1.75. The molecule has 23 heavy (non-hydrogen) atoms. The number of hydrogen-bond acceptors (Lipinski definition) is 3. The largest absolute Gasteiger partial charge is 0.449 e. The lowest BCUT2D eigenvalue weighted by atomic mass is 9.91. The van der Waals surface area contributed by atoms with E-state index in [-0.39, 0.29) is 24.1 Å².